The Morgan fingerprint density at radius 1 is 1.38 bits per heavy atom. The topological polar surface area (TPSA) is 57.8 Å². The minimum absolute atomic E-state index is 0.167. The standard InChI is InChI=1S/C12H21N3O/c1-9(2)5-4-6-10(3)14-11-7-12(16)15-13-8-11/h7-10H,4-6H2,1-3H3,(H2,14,15,16). The third-order valence-electron chi connectivity index (χ3n) is 2.50. The van der Waals surface area contributed by atoms with Crippen LogP contribution < -0.4 is 10.9 Å². The normalized spacial score (nSPS) is 12.8. The van der Waals surface area contributed by atoms with E-state index in [0.29, 0.717) is 6.04 Å². The Bertz CT molecular complexity index is 359. The number of H-pyrrole nitrogens is 1. The first-order valence-corrected chi connectivity index (χ1v) is 5.89. The van der Waals surface area contributed by atoms with Gasteiger partial charge in [-0.05, 0) is 19.3 Å². The first kappa shape index (κ1) is 12.7. The molecule has 2 N–H and O–H groups in total. The van der Waals surface area contributed by atoms with Crippen molar-refractivity contribution in [3.05, 3.63) is 22.6 Å². The van der Waals surface area contributed by atoms with Crippen LogP contribution in [0.15, 0.2) is 17.1 Å². The predicted octanol–water partition coefficient (Wildman–Crippen LogP) is 2.40. The van der Waals surface area contributed by atoms with Crippen molar-refractivity contribution in [1.29, 1.82) is 0 Å². The van der Waals surface area contributed by atoms with E-state index in [4.69, 9.17) is 0 Å². The lowest BCUT2D eigenvalue weighted by atomic mass is 10.0. The average molecular weight is 223 g/mol. The highest BCUT2D eigenvalue weighted by Gasteiger charge is 2.03. The van der Waals surface area contributed by atoms with Crippen molar-refractivity contribution in [2.24, 2.45) is 5.92 Å². The first-order chi connectivity index (χ1) is 7.58. The Balaban J connectivity index is 2.34. The second-order valence-electron chi connectivity index (χ2n) is 4.70. The molecule has 1 heterocycles. The zero-order valence-corrected chi connectivity index (χ0v) is 10.3. The summed E-state index contributed by atoms with van der Waals surface area (Å²) < 4.78 is 0. The molecule has 1 atom stereocenters. The summed E-state index contributed by atoms with van der Waals surface area (Å²) in [4.78, 5) is 11.0. The van der Waals surface area contributed by atoms with Gasteiger partial charge in [0.25, 0.3) is 5.56 Å². The fourth-order valence-corrected chi connectivity index (χ4v) is 1.64. The van der Waals surface area contributed by atoms with Crippen LogP contribution in [0.4, 0.5) is 5.69 Å². The maximum atomic E-state index is 11.0. The molecular formula is C12H21N3O. The van der Waals surface area contributed by atoms with E-state index in [1.54, 1.807) is 6.20 Å². The van der Waals surface area contributed by atoms with Gasteiger partial charge in [0.1, 0.15) is 0 Å². The van der Waals surface area contributed by atoms with Crippen molar-refractivity contribution in [2.45, 2.75) is 46.1 Å². The smallest absolute Gasteiger partial charge is 0.266 e. The number of hydrogen-bond donors (Lipinski definition) is 2. The first-order valence-electron chi connectivity index (χ1n) is 5.89. The fourth-order valence-electron chi connectivity index (χ4n) is 1.64. The Morgan fingerprint density at radius 3 is 2.75 bits per heavy atom. The van der Waals surface area contributed by atoms with Crippen molar-refractivity contribution in [1.82, 2.24) is 10.2 Å². The Kier molecular flexibility index (Phi) is 5.02. The van der Waals surface area contributed by atoms with Crippen LogP contribution in [-0.4, -0.2) is 16.2 Å². The predicted molar refractivity (Wildman–Crippen MR) is 66.6 cm³/mol. The molecule has 1 aromatic heterocycles. The summed E-state index contributed by atoms with van der Waals surface area (Å²) in [6.45, 7) is 6.60. The van der Waals surface area contributed by atoms with Gasteiger partial charge in [0, 0.05) is 12.1 Å². The Labute approximate surface area is 96.5 Å². The minimum atomic E-state index is -0.167. The molecule has 0 saturated heterocycles. The summed E-state index contributed by atoms with van der Waals surface area (Å²) in [5.74, 6) is 0.758. The molecule has 0 aromatic carbocycles. The van der Waals surface area contributed by atoms with Crippen LogP contribution in [0.1, 0.15) is 40.0 Å². The van der Waals surface area contributed by atoms with E-state index in [1.165, 1.54) is 18.9 Å². The second kappa shape index (κ2) is 6.30. The molecule has 0 saturated carbocycles. The summed E-state index contributed by atoms with van der Waals surface area (Å²) in [5, 5.41) is 9.38. The third-order valence-corrected chi connectivity index (χ3v) is 2.50. The molecule has 4 heteroatoms. The highest BCUT2D eigenvalue weighted by molar-refractivity contribution is 5.39. The van der Waals surface area contributed by atoms with Crippen LogP contribution in [0.5, 0.6) is 0 Å². The maximum Gasteiger partial charge on any atom is 0.266 e. The summed E-state index contributed by atoms with van der Waals surface area (Å²) in [5.41, 5.74) is 0.625. The zero-order valence-electron chi connectivity index (χ0n) is 10.3. The molecule has 4 nitrogen and oxygen atoms in total. The van der Waals surface area contributed by atoms with Crippen LogP contribution in [0.2, 0.25) is 0 Å². The molecule has 0 amide bonds. The van der Waals surface area contributed by atoms with Crippen LogP contribution in [0.25, 0.3) is 0 Å². The van der Waals surface area contributed by atoms with Gasteiger partial charge < -0.3 is 5.32 Å². The van der Waals surface area contributed by atoms with Gasteiger partial charge in [0.15, 0.2) is 0 Å². The van der Waals surface area contributed by atoms with E-state index in [0.717, 1.165) is 18.0 Å². The van der Waals surface area contributed by atoms with E-state index in [1.807, 2.05) is 0 Å². The summed E-state index contributed by atoms with van der Waals surface area (Å²) >= 11 is 0. The van der Waals surface area contributed by atoms with E-state index >= 15 is 0 Å². The number of aromatic amines is 1. The van der Waals surface area contributed by atoms with Crippen molar-refractivity contribution in [3.8, 4) is 0 Å². The monoisotopic (exact) mass is 223 g/mol. The summed E-state index contributed by atoms with van der Waals surface area (Å²) in [7, 11) is 0. The van der Waals surface area contributed by atoms with Gasteiger partial charge in [-0.3, -0.25) is 4.79 Å². The molecule has 0 aliphatic heterocycles. The molecule has 1 rings (SSSR count). The van der Waals surface area contributed by atoms with Gasteiger partial charge in [-0.25, -0.2) is 5.10 Å². The number of hydrogen-bond acceptors (Lipinski definition) is 3. The van der Waals surface area contributed by atoms with Gasteiger partial charge in [0.2, 0.25) is 0 Å². The molecular weight excluding hydrogens is 202 g/mol. The van der Waals surface area contributed by atoms with Gasteiger partial charge >= 0.3 is 0 Å². The SMILES string of the molecule is CC(C)CCCC(C)Nc1cn[nH]c(=O)c1. The van der Waals surface area contributed by atoms with Crippen molar-refractivity contribution < 1.29 is 0 Å². The number of anilines is 1. The van der Waals surface area contributed by atoms with E-state index in [9.17, 15) is 4.79 Å². The second-order valence-corrected chi connectivity index (χ2v) is 4.70. The Hall–Kier alpha value is -1.32. The molecule has 0 bridgehead atoms. The fraction of sp³-hybridized carbons (Fsp3) is 0.667. The van der Waals surface area contributed by atoms with Gasteiger partial charge in [-0.2, -0.15) is 5.10 Å². The summed E-state index contributed by atoms with van der Waals surface area (Å²) in [6.07, 6.45) is 5.22. The molecule has 1 unspecified atom stereocenters. The molecule has 90 valence electrons. The molecule has 0 radical (unpaired) electrons. The van der Waals surface area contributed by atoms with Crippen LogP contribution in [0, 0.1) is 5.92 Å². The third kappa shape index (κ3) is 4.96. The lowest BCUT2D eigenvalue weighted by Gasteiger charge is -2.15. The number of rotatable bonds is 6. The van der Waals surface area contributed by atoms with Gasteiger partial charge in [0.05, 0.1) is 11.9 Å². The van der Waals surface area contributed by atoms with E-state index in [-0.39, 0.29) is 5.56 Å². The molecule has 0 aliphatic rings. The highest BCUT2D eigenvalue weighted by atomic mass is 16.1. The largest absolute Gasteiger partial charge is 0.381 e. The van der Waals surface area contributed by atoms with Crippen LogP contribution in [-0.2, 0) is 0 Å². The van der Waals surface area contributed by atoms with Crippen molar-refractivity contribution in [2.75, 3.05) is 5.32 Å². The lowest BCUT2D eigenvalue weighted by Crippen LogP contribution is -2.17. The molecule has 1 aromatic rings. The Morgan fingerprint density at radius 2 is 2.12 bits per heavy atom. The molecule has 0 aliphatic carbocycles. The maximum absolute atomic E-state index is 11.0. The van der Waals surface area contributed by atoms with Crippen molar-refractivity contribution in [3.63, 3.8) is 0 Å². The molecule has 0 fully saturated rings. The minimum Gasteiger partial charge on any atom is -0.381 e. The molecule has 0 spiro atoms. The van der Waals surface area contributed by atoms with Crippen LogP contribution >= 0.6 is 0 Å². The lowest BCUT2D eigenvalue weighted by molar-refractivity contribution is 0.520. The number of aromatic nitrogens is 2. The molecule has 16 heavy (non-hydrogen) atoms. The average Bonchev–Trinajstić information content (AvgIpc) is 2.16. The number of nitrogens with zero attached hydrogens (tertiary/aromatic N) is 1. The van der Waals surface area contributed by atoms with Gasteiger partial charge in [-0.15, -0.1) is 0 Å². The number of nitrogens with one attached hydrogen (secondary N) is 2. The summed E-state index contributed by atoms with van der Waals surface area (Å²) in [6, 6.07) is 1.91. The van der Waals surface area contributed by atoms with E-state index < -0.39 is 0 Å². The van der Waals surface area contributed by atoms with Gasteiger partial charge in [-0.1, -0.05) is 26.7 Å². The quantitative estimate of drug-likeness (QED) is 0.778. The van der Waals surface area contributed by atoms with Crippen LogP contribution in [0.3, 0.4) is 0 Å². The highest BCUT2D eigenvalue weighted by Crippen LogP contribution is 2.11. The van der Waals surface area contributed by atoms with E-state index in [2.05, 4.69) is 36.3 Å². The zero-order chi connectivity index (χ0) is 12.0. The van der Waals surface area contributed by atoms with Crippen molar-refractivity contribution >= 4 is 5.69 Å².